The molecule has 0 saturated carbocycles. The molecule has 2 nitrogen and oxygen atoms in total. The van der Waals surface area contributed by atoms with E-state index in [-0.39, 0.29) is 0 Å². The molecule has 2 N–H and O–H groups in total. The van der Waals surface area contributed by atoms with Gasteiger partial charge >= 0.3 is 0 Å². The molecular formula is C15H31NO. The molecule has 0 radical (unpaired) electrons. The summed E-state index contributed by atoms with van der Waals surface area (Å²) < 4.78 is 0. The first-order valence-corrected chi connectivity index (χ1v) is 7.31. The molecule has 0 spiro atoms. The molecule has 0 aromatic heterocycles. The summed E-state index contributed by atoms with van der Waals surface area (Å²) in [6.45, 7) is 7.25. The maximum Gasteiger partial charge on any atom is 0.133 e. The maximum atomic E-state index is 11.8. The number of unbranched alkanes of at least 4 members (excludes halogenated alkanes) is 4. The fraction of sp³-hybridized carbons (Fsp3) is 0.933. The zero-order valence-electron chi connectivity index (χ0n) is 12.0. The number of carbonyl (C=O) groups is 1. The van der Waals surface area contributed by atoms with Crippen molar-refractivity contribution < 1.29 is 4.79 Å². The van der Waals surface area contributed by atoms with Crippen LogP contribution in [0.25, 0.3) is 0 Å². The van der Waals surface area contributed by atoms with Gasteiger partial charge in [-0.15, -0.1) is 0 Å². The Hall–Kier alpha value is -0.370. The fourth-order valence-corrected chi connectivity index (χ4v) is 2.28. The molecule has 1 atom stereocenters. The van der Waals surface area contributed by atoms with Crippen LogP contribution >= 0.6 is 0 Å². The van der Waals surface area contributed by atoms with Crippen LogP contribution in [0.5, 0.6) is 0 Å². The van der Waals surface area contributed by atoms with E-state index < -0.39 is 0 Å². The largest absolute Gasteiger partial charge is 0.330 e. The molecule has 0 heterocycles. The minimum atomic E-state index is 0.401. The van der Waals surface area contributed by atoms with Gasteiger partial charge in [0.05, 0.1) is 0 Å². The predicted molar refractivity (Wildman–Crippen MR) is 75.0 cm³/mol. The van der Waals surface area contributed by atoms with Gasteiger partial charge in [0.25, 0.3) is 0 Å². The lowest BCUT2D eigenvalue weighted by atomic mass is 9.91. The highest BCUT2D eigenvalue weighted by Crippen LogP contribution is 2.16. The van der Waals surface area contributed by atoms with Crippen molar-refractivity contribution in [2.24, 2.45) is 17.6 Å². The van der Waals surface area contributed by atoms with E-state index in [1.165, 1.54) is 25.7 Å². The Balaban J connectivity index is 3.61. The number of rotatable bonds is 11. The first kappa shape index (κ1) is 16.6. The first-order valence-electron chi connectivity index (χ1n) is 7.31. The van der Waals surface area contributed by atoms with E-state index in [0.29, 0.717) is 30.6 Å². The van der Waals surface area contributed by atoms with E-state index in [9.17, 15) is 4.79 Å². The Labute approximate surface area is 107 Å². The van der Waals surface area contributed by atoms with Crippen molar-refractivity contribution in [1.82, 2.24) is 0 Å². The smallest absolute Gasteiger partial charge is 0.133 e. The van der Waals surface area contributed by atoms with Crippen LogP contribution in [-0.2, 0) is 4.79 Å². The zero-order valence-corrected chi connectivity index (χ0v) is 12.0. The molecule has 0 aliphatic rings. The maximum absolute atomic E-state index is 11.8. The van der Waals surface area contributed by atoms with E-state index in [1.807, 2.05) is 0 Å². The molecule has 0 aliphatic heterocycles. The number of hydrogen-bond donors (Lipinski definition) is 1. The third kappa shape index (κ3) is 10.5. The normalized spacial score (nSPS) is 13.0. The van der Waals surface area contributed by atoms with Crippen molar-refractivity contribution in [3.8, 4) is 0 Å². The van der Waals surface area contributed by atoms with Crippen molar-refractivity contribution in [3.63, 3.8) is 0 Å². The number of Topliss-reactive ketones (excluding diaryl/α,β-unsaturated/α-hetero) is 1. The van der Waals surface area contributed by atoms with E-state index >= 15 is 0 Å². The molecule has 0 amide bonds. The van der Waals surface area contributed by atoms with Crippen molar-refractivity contribution in [3.05, 3.63) is 0 Å². The van der Waals surface area contributed by atoms with Crippen molar-refractivity contribution in [1.29, 1.82) is 0 Å². The van der Waals surface area contributed by atoms with Gasteiger partial charge in [-0.2, -0.15) is 0 Å². The minimum Gasteiger partial charge on any atom is -0.330 e. The predicted octanol–water partition coefficient (Wildman–Crippen LogP) is 3.93. The summed E-state index contributed by atoms with van der Waals surface area (Å²) in [5, 5.41) is 0. The molecule has 102 valence electrons. The average Bonchev–Trinajstić information content (AvgIpc) is 2.27. The quantitative estimate of drug-likeness (QED) is 0.557. The second kappa shape index (κ2) is 10.8. The van der Waals surface area contributed by atoms with Crippen LogP contribution < -0.4 is 5.73 Å². The van der Waals surface area contributed by atoms with Gasteiger partial charge in [0.2, 0.25) is 0 Å². The molecule has 0 saturated heterocycles. The van der Waals surface area contributed by atoms with Crippen LogP contribution in [0.3, 0.4) is 0 Å². The summed E-state index contributed by atoms with van der Waals surface area (Å²) in [7, 11) is 0. The molecule has 0 aromatic rings. The van der Waals surface area contributed by atoms with E-state index in [2.05, 4.69) is 20.8 Å². The van der Waals surface area contributed by atoms with Gasteiger partial charge in [-0.3, -0.25) is 4.79 Å². The average molecular weight is 241 g/mol. The van der Waals surface area contributed by atoms with E-state index in [0.717, 1.165) is 19.3 Å². The number of ketones is 1. The van der Waals surface area contributed by atoms with Gasteiger partial charge in [-0.25, -0.2) is 0 Å². The van der Waals surface area contributed by atoms with Gasteiger partial charge < -0.3 is 5.73 Å². The molecule has 17 heavy (non-hydrogen) atoms. The summed E-state index contributed by atoms with van der Waals surface area (Å²) in [5.41, 5.74) is 5.71. The topological polar surface area (TPSA) is 43.1 Å². The SMILES string of the molecule is CCCCCCCC(=O)CC(CN)CC(C)C. The molecule has 0 aromatic carbocycles. The van der Waals surface area contributed by atoms with Crippen LogP contribution in [0.1, 0.15) is 72.1 Å². The van der Waals surface area contributed by atoms with Crippen molar-refractivity contribution in [2.45, 2.75) is 72.1 Å². The molecule has 0 rings (SSSR count). The fourth-order valence-electron chi connectivity index (χ4n) is 2.28. The van der Waals surface area contributed by atoms with Crippen molar-refractivity contribution >= 4 is 5.78 Å². The molecular weight excluding hydrogens is 210 g/mol. The standard InChI is InChI=1S/C15H31NO/c1-4-5-6-7-8-9-15(17)11-14(12-16)10-13(2)3/h13-14H,4-12,16H2,1-3H3. The van der Waals surface area contributed by atoms with Gasteiger partial charge in [0.1, 0.15) is 5.78 Å². The molecule has 0 fully saturated rings. The van der Waals surface area contributed by atoms with Gasteiger partial charge in [-0.05, 0) is 31.2 Å². The van der Waals surface area contributed by atoms with Crippen molar-refractivity contribution in [2.75, 3.05) is 6.54 Å². The highest BCUT2D eigenvalue weighted by atomic mass is 16.1. The third-order valence-corrected chi connectivity index (χ3v) is 3.21. The molecule has 0 bridgehead atoms. The van der Waals surface area contributed by atoms with Crippen LogP contribution in [0.4, 0.5) is 0 Å². The molecule has 0 aliphatic carbocycles. The minimum absolute atomic E-state index is 0.401. The van der Waals surface area contributed by atoms with Crippen LogP contribution in [0.2, 0.25) is 0 Å². The Kier molecular flexibility index (Phi) is 10.5. The Morgan fingerprint density at radius 1 is 1.12 bits per heavy atom. The van der Waals surface area contributed by atoms with Gasteiger partial charge in [0.15, 0.2) is 0 Å². The second-order valence-electron chi connectivity index (χ2n) is 5.64. The van der Waals surface area contributed by atoms with E-state index in [1.54, 1.807) is 0 Å². The van der Waals surface area contributed by atoms with Gasteiger partial charge in [0, 0.05) is 12.8 Å². The molecule has 2 heteroatoms. The number of carbonyl (C=O) groups excluding carboxylic acids is 1. The second-order valence-corrected chi connectivity index (χ2v) is 5.64. The number of hydrogen-bond acceptors (Lipinski definition) is 2. The summed E-state index contributed by atoms with van der Waals surface area (Å²) >= 11 is 0. The lowest BCUT2D eigenvalue weighted by Gasteiger charge is -2.16. The third-order valence-electron chi connectivity index (χ3n) is 3.21. The Morgan fingerprint density at radius 2 is 1.76 bits per heavy atom. The van der Waals surface area contributed by atoms with Crippen LogP contribution in [0, 0.1) is 11.8 Å². The number of nitrogens with two attached hydrogens (primary N) is 1. The molecule has 1 unspecified atom stereocenters. The highest BCUT2D eigenvalue weighted by Gasteiger charge is 2.13. The lowest BCUT2D eigenvalue weighted by Crippen LogP contribution is -2.20. The first-order chi connectivity index (χ1) is 8.10. The Bertz CT molecular complexity index is 189. The van der Waals surface area contributed by atoms with Crippen LogP contribution in [0.15, 0.2) is 0 Å². The summed E-state index contributed by atoms with van der Waals surface area (Å²) in [6, 6.07) is 0. The van der Waals surface area contributed by atoms with Gasteiger partial charge in [-0.1, -0.05) is 46.5 Å². The zero-order chi connectivity index (χ0) is 13.1. The van der Waals surface area contributed by atoms with Crippen LogP contribution in [-0.4, -0.2) is 12.3 Å². The Morgan fingerprint density at radius 3 is 2.29 bits per heavy atom. The summed E-state index contributed by atoms with van der Waals surface area (Å²) in [6.07, 6.45) is 8.65. The highest BCUT2D eigenvalue weighted by molar-refractivity contribution is 5.78. The monoisotopic (exact) mass is 241 g/mol. The lowest BCUT2D eigenvalue weighted by molar-refractivity contribution is -0.120. The summed E-state index contributed by atoms with van der Waals surface area (Å²) in [4.78, 5) is 11.8. The summed E-state index contributed by atoms with van der Waals surface area (Å²) in [5.74, 6) is 1.46. The van der Waals surface area contributed by atoms with E-state index in [4.69, 9.17) is 5.73 Å².